The number of pyridine rings is 2. The van der Waals surface area contributed by atoms with Gasteiger partial charge in [0.2, 0.25) is 0 Å². The zero-order valence-corrected chi connectivity index (χ0v) is 14.5. The minimum Gasteiger partial charge on any atom is -0.254 e. The number of nitrogens with zero attached hydrogens (tertiary/aromatic N) is 2. The van der Waals surface area contributed by atoms with Gasteiger partial charge in [-0.2, -0.15) is 0 Å². The second-order valence-corrected chi connectivity index (χ2v) is 7.16. The maximum Gasteiger partial charge on any atom is 0.0937 e. The molecule has 6 rings (SSSR count). The van der Waals surface area contributed by atoms with E-state index >= 15 is 0 Å². The summed E-state index contributed by atoms with van der Waals surface area (Å²) in [5.74, 6) is 0. The number of rotatable bonds is 0. The van der Waals surface area contributed by atoms with Crippen molar-refractivity contribution in [1.29, 1.82) is 0 Å². The average Bonchev–Trinajstić information content (AvgIpc) is 3.16. The monoisotopic (exact) mass is 352 g/mol. The molecule has 0 saturated heterocycles. The molecule has 0 fully saturated rings. The fraction of sp³-hybridized carbons (Fsp3) is 0.0435. The Bertz CT molecular complexity index is 1170. The Morgan fingerprint density at radius 2 is 1.23 bits per heavy atom. The fourth-order valence-electron chi connectivity index (χ4n) is 4.80. The minimum absolute atomic E-state index is 0.399. The second kappa shape index (κ2) is 4.80. The van der Waals surface area contributed by atoms with Crippen LogP contribution in [0.25, 0.3) is 22.5 Å². The highest BCUT2D eigenvalue weighted by atomic mass is 35.5. The van der Waals surface area contributed by atoms with Crippen molar-refractivity contribution in [3.63, 3.8) is 0 Å². The molecule has 0 radical (unpaired) electrons. The van der Waals surface area contributed by atoms with Crippen molar-refractivity contribution < 1.29 is 0 Å². The first-order chi connectivity index (χ1) is 12.8. The third kappa shape index (κ3) is 1.46. The average molecular weight is 353 g/mol. The van der Waals surface area contributed by atoms with Crippen molar-refractivity contribution >= 4 is 11.6 Å². The smallest absolute Gasteiger partial charge is 0.0937 e. The second-order valence-electron chi connectivity index (χ2n) is 6.76. The quantitative estimate of drug-likeness (QED) is 0.362. The van der Waals surface area contributed by atoms with Gasteiger partial charge in [0.1, 0.15) is 0 Å². The highest BCUT2D eigenvalue weighted by Gasteiger charge is 2.53. The molecule has 2 heterocycles. The molecule has 2 aromatic heterocycles. The zero-order chi connectivity index (χ0) is 17.3. The first kappa shape index (κ1) is 14.2. The van der Waals surface area contributed by atoms with Crippen molar-refractivity contribution in [2.45, 2.75) is 5.41 Å². The van der Waals surface area contributed by atoms with Crippen LogP contribution < -0.4 is 0 Å². The van der Waals surface area contributed by atoms with Gasteiger partial charge in [-0.15, -0.1) is 0 Å². The molecular formula is C23H13ClN2. The van der Waals surface area contributed by atoms with Crippen LogP contribution in [0.1, 0.15) is 22.3 Å². The molecule has 2 aliphatic carbocycles. The summed E-state index contributed by atoms with van der Waals surface area (Å²) in [6, 6.07) is 23.1. The van der Waals surface area contributed by atoms with Crippen molar-refractivity contribution in [3.05, 3.63) is 106 Å². The molecule has 0 N–H and O–H groups in total. The number of aromatic nitrogens is 2. The molecule has 0 aliphatic heterocycles. The summed E-state index contributed by atoms with van der Waals surface area (Å²) in [6.07, 6.45) is 3.69. The summed E-state index contributed by atoms with van der Waals surface area (Å²) < 4.78 is 0. The Balaban J connectivity index is 1.89. The summed E-state index contributed by atoms with van der Waals surface area (Å²) >= 11 is 6.68. The molecule has 2 aliphatic rings. The molecular weight excluding hydrogens is 340 g/mol. The molecule has 0 bridgehead atoms. The van der Waals surface area contributed by atoms with Gasteiger partial charge in [0, 0.05) is 23.0 Å². The molecule has 0 atom stereocenters. The number of hydrogen-bond acceptors (Lipinski definition) is 2. The normalized spacial score (nSPS) is 14.7. The fourth-order valence-corrected chi connectivity index (χ4v) is 5.08. The van der Waals surface area contributed by atoms with Gasteiger partial charge >= 0.3 is 0 Å². The summed E-state index contributed by atoms with van der Waals surface area (Å²) in [5.41, 5.74) is 8.68. The summed E-state index contributed by atoms with van der Waals surface area (Å²) in [6.45, 7) is 0. The van der Waals surface area contributed by atoms with Gasteiger partial charge in [-0.1, -0.05) is 60.1 Å². The van der Waals surface area contributed by atoms with Crippen LogP contribution in [-0.2, 0) is 5.41 Å². The van der Waals surface area contributed by atoms with Gasteiger partial charge < -0.3 is 0 Å². The Labute approximate surface area is 156 Å². The van der Waals surface area contributed by atoms with Crippen molar-refractivity contribution in [2.75, 3.05) is 0 Å². The highest BCUT2D eigenvalue weighted by Crippen LogP contribution is 2.62. The van der Waals surface area contributed by atoms with Crippen LogP contribution in [0, 0.1) is 0 Å². The maximum absolute atomic E-state index is 6.68. The van der Waals surface area contributed by atoms with Gasteiger partial charge in [-0.05, 0) is 46.0 Å². The molecule has 0 unspecified atom stereocenters. The van der Waals surface area contributed by atoms with E-state index in [0.29, 0.717) is 0 Å². The lowest BCUT2D eigenvalue weighted by atomic mass is 9.71. The van der Waals surface area contributed by atoms with E-state index in [1.54, 1.807) is 0 Å². The van der Waals surface area contributed by atoms with E-state index < -0.39 is 5.41 Å². The predicted molar refractivity (Wildman–Crippen MR) is 103 cm³/mol. The topological polar surface area (TPSA) is 25.8 Å². The first-order valence-corrected chi connectivity index (χ1v) is 9.01. The van der Waals surface area contributed by atoms with Crippen molar-refractivity contribution in [2.24, 2.45) is 0 Å². The SMILES string of the molecule is Clc1cccc2c1-c1ccccc1C21c2cccnc2-c2ncccc21. The lowest BCUT2D eigenvalue weighted by Gasteiger charge is -2.29. The minimum atomic E-state index is -0.399. The molecule has 0 saturated carbocycles. The van der Waals surface area contributed by atoms with Gasteiger partial charge in [0.05, 0.1) is 16.8 Å². The molecule has 122 valence electrons. The Morgan fingerprint density at radius 1 is 0.615 bits per heavy atom. The Morgan fingerprint density at radius 3 is 1.96 bits per heavy atom. The van der Waals surface area contributed by atoms with E-state index in [2.05, 4.69) is 42.5 Å². The van der Waals surface area contributed by atoms with Crippen LogP contribution >= 0.6 is 11.6 Å². The van der Waals surface area contributed by atoms with E-state index in [1.807, 2.05) is 36.7 Å². The van der Waals surface area contributed by atoms with Crippen LogP contribution in [0.5, 0.6) is 0 Å². The van der Waals surface area contributed by atoms with Gasteiger partial charge in [-0.25, -0.2) is 0 Å². The van der Waals surface area contributed by atoms with E-state index in [4.69, 9.17) is 21.6 Å². The number of halogens is 1. The van der Waals surface area contributed by atoms with Gasteiger partial charge in [0.15, 0.2) is 0 Å². The molecule has 26 heavy (non-hydrogen) atoms. The molecule has 1 spiro atoms. The third-order valence-electron chi connectivity index (χ3n) is 5.67. The molecule has 4 aromatic rings. The number of benzene rings is 2. The largest absolute Gasteiger partial charge is 0.254 e. The number of hydrogen-bond donors (Lipinski definition) is 0. The Hall–Kier alpha value is -2.97. The highest BCUT2D eigenvalue weighted by molar-refractivity contribution is 6.34. The van der Waals surface area contributed by atoms with Crippen LogP contribution in [-0.4, -0.2) is 9.97 Å². The predicted octanol–water partition coefficient (Wildman–Crippen LogP) is 5.47. The Kier molecular flexibility index (Phi) is 2.63. The lowest BCUT2D eigenvalue weighted by molar-refractivity contribution is 0.789. The van der Waals surface area contributed by atoms with Crippen molar-refractivity contribution in [3.8, 4) is 22.5 Å². The maximum atomic E-state index is 6.68. The van der Waals surface area contributed by atoms with Crippen LogP contribution in [0.4, 0.5) is 0 Å². The molecule has 2 nitrogen and oxygen atoms in total. The van der Waals surface area contributed by atoms with Crippen LogP contribution in [0.15, 0.2) is 79.1 Å². The van der Waals surface area contributed by atoms with Gasteiger partial charge in [-0.3, -0.25) is 9.97 Å². The number of fused-ring (bicyclic) bond motifs is 10. The zero-order valence-electron chi connectivity index (χ0n) is 13.8. The van der Waals surface area contributed by atoms with E-state index in [-0.39, 0.29) is 0 Å². The van der Waals surface area contributed by atoms with E-state index in [1.165, 1.54) is 27.8 Å². The molecule has 2 aromatic carbocycles. The van der Waals surface area contributed by atoms with Gasteiger partial charge in [0.25, 0.3) is 0 Å². The van der Waals surface area contributed by atoms with E-state index in [0.717, 1.165) is 22.0 Å². The van der Waals surface area contributed by atoms with Crippen molar-refractivity contribution in [1.82, 2.24) is 9.97 Å². The lowest BCUT2D eigenvalue weighted by Crippen LogP contribution is -2.25. The third-order valence-corrected chi connectivity index (χ3v) is 5.98. The summed E-state index contributed by atoms with van der Waals surface area (Å²) in [5, 5.41) is 0.787. The van der Waals surface area contributed by atoms with Crippen LogP contribution in [0.2, 0.25) is 5.02 Å². The molecule has 3 heteroatoms. The summed E-state index contributed by atoms with van der Waals surface area (Å²) in [7, 11) is 0. The van der Waals surface area contributed by atoms with Crippen LogP contribution in [0.3, 0.4) is 0 Å². The summed E-state index contributed by atoms with van der Waals surface area (Å²) in [4.78, 5) is 9.38. The standard InChI is InChI=1S/C23H13ClN2/c24-19-11-3-8-16-20(19)14-6-1-2-7-15(14)23(16)17-9-4-12-25-21(17)22-18(23)10-5-13-26-22/h1-13H. The van der Waals surface area contributed by atoms with E-state index in [9.17, 15) is 0 Å². The molecule has 0 amide bonds. The first-order valence-electron chi connectivity index (χ1n) is 8.63.